The average Bonchev–Trinajstić information content (AvgIpc) is 2.74. The van der Waals surface area contributed by atoms with E-state index in [2.05, 4.69) is 50.4 Å². The van der Waals surface area contributed by atoms with Crippen LogP contribution in [-0.4, -0.2) is 6.04 Å². The summed E-state index contributed by atoms with van der Waals surface area (Å²) in [6.07, 6.45) is 0. The summed E-state index contributed by atoms with van der Waals surface area (Å²) in [5.74, 6) is 0. The summed E-state index contributed by atoms with van der Waals surface area (Å²) in [7, 11) is 0. The van der Waals surface area contributed by atoms with Crippen molar-refractivity contribution in [1.82, 2.24) is 5.32 Å². The van der Waals surface area contributed by atoms with Crippen LogP contribution in [0.5, 0.6) is 0 Å². The second-order valence-corrected chi connectivity index (χ2v) is 6.45. The molecular weight excluding hydrogens is 262 g/mol. The Hall–Kier alpha value is -0.830. The maximum atomic E-state index is 6.24. The highest BCUT2D eigenvalue weighted by Gasteiger charge is 2.06. The van der Waals surface area contributed by atoms with Gasteiger partial charge in [0.1, 0.15) is 0 Å². The van der Waals surface area contributed by atoms with Crippen molar-refractivity contribution in [2.45, 2.75) is 33.4 Å². The first-order chi connectivity index (χ1) is 8.56. The van der Waals surface area contributed by atoms with Crippen molar-refractivity contribution in [3.05, 3.63) is 45.8 Å². The first-order valence-electron chi connectivity index (χ1n) is 6.15. The summed E-state index contributed by atoms with van der Waals surface area (Å²) in [6.45, 7) is 7.22. The molecular formula is C15H18ClNS. The van der Waals surface area contributed by atoms with Crippen LogP contribution in [-0.2, 0) is 6.54 Å². The van der Waals surface area contributed by atoms with Crippen molar-refractivity contribution < 1.29 is 0 Å². The lowest BCUT2D eigenvalue weighted by atomic mass is 10.1. The minimum atomic E-state index is 0.466. The SMILES string of the molecule is Cc1ccc(-c2ccc(Cl)c(CNC(C)C)c2)s1. The molecule has 0 spiro atoms. The van der Waals surface area contributed by atoms with Gasteiger partial charge in [0.25, 0.3) is 0 Å². The Kier molecular flexibility index (Phi) is 4.44. The van der Waals surface area contributed by atoms with E-state index in [4.69, 9.17) is 11.6 Å². The van der Waals surface area contributed by atoms with Crippen LogP contribution in [0.3, 0.4) is 0 Å². The zero-order chi connectivity index (χ0) is 13.1. The van der Waals surface area contributed by atoms with Gasteiger partial charge >= 0.3 is 0 Å². The minimum Gasteiger partial charge on any atom is -0.310 e. The van der Waals surface area contributed by atoms with E-state index in [1.165, 1.54) is 15.3 Å². The van der Waals surface area contributed by atoms with Gasteiger partial charge in [0.2, 0.25) is 0 Å². The van der Waals surface area contributed by atoms with E-state index in [0.29, 0.717) is 6.04 Å². The highest BCUT2D eigenvalue weighted by molar-refractivity contribution is 7.15. The molecule has 0 amide bonds. The molecule has 0 atom stereocenters. The zero-order valence-corrected chi connectivity index (χ0v) is 12.5. The quantitative estimate of drug-likeness (QED) is 0.841. The highest BCUT2D eigenvalue weighted by Crippen LogP contribution is 2.30. The third kappa shape index (κ3) is 3.35. The van der Waals surface area contributed by atoms with E-state index in [9.17, 15) is 0 Å². The molecule has 1 heterocycles. The van der Waals surface area contributed by atoms with Gasteiger partial charge in [-0.3, -0.25) is 0 Å². The number of hydrogen-bond donors (Lipinski definition) is 1. The molecule has 1 aromatic carbocycles. The fourth-order valence-electron chi connectivity index (χ4n) is 1.77. The maximum Gasteiger partial charge on any atom is 0.0451 e. The van der Waals surface area contributed by atoms with E-state index in [-0.39, 0.29) is 0 Å². The molecule has 3 heteroatoms. The van der Waals surface area contributed by atoms with E-state index < -0.39 is 0 Å². The normalized spacial score (nSPS) is 11.2. The lowest BCUT2D eigenvalue weighted by Gasteiger charge is -2.10. The third-order valence-electron chi connectivity index (χ3n) is 2.77. The Labute approximate surface area is 118 Å². The molecule has 1 aromatic heterocycles. The number of halogens is 1. The molecule has 0 saturated heterocycles. The first-order valence-corrected chi connectivity index (χ1v) is 7.34. The molecule has 0 bridgehead atoms. The lowest BCUT2D eigenvalue weighted by molar-refractivity contribution is 0.589. The number of aryl methyl sites for hydroxylation is 1. The fourth-order valence-corrected chi connectivity index (χ4v) is 2.82. The predicted octanol–water partition coefficient (Wildman–Crippen LogP) is 4.87. The van der Waals surface area contributed by atoms with Crippen LogP contribution in [0.1, 0.15) is 24.3 Å². The van der Waals surface area contributed by atoms with E-state index in [1.54, 1.807) is 0 Å². The summed E-state index contributed by atoms with van der Waals surface area (Å²) in [5, 5.41) is 4.24. The molecule has 1 N–H and O–H groups in total. The molecule has 0 aliphatic carbocycles. The van der Waals surface area contributed by atoms with Gasteiger partial charge in [-0.2, -0.15) is 0 Å². The Morgan fingerprint density at radius 2 is 2.00 bits per heavy atom. The van der Waals surface area contributed by atoms with Gasteiger partial charge < -0.3 is 5.32 Å². The number of hydrogen-bond acceptors (Lipinski definition) is 2. The molecule has 96 valence electrons. The van der Waals surface area contributed by atoms with E-state index >= 15 is 0 Å². The van der Waals surface area contributed by atoms with Crippen LogP contribution in [0.15, 0.2) is 30.3 Å². The summed E-state index contributed by atoms with van der Waals surface area (Å²) in [5.41, 5.74) is 2.41. The lowest BCUT2D eigenvalue weighted by Crippen LogP contribution is -2.21. The number of rotatable bonds is 4. The van der Waals surface area contributed by atoms with E-state index in [0.717, 1.165) is 17.1 Å². The average molecular weight is 280 g/mol. The Morgan fingerprint density at radius 1 is 1.22 bits per heavy atom. The van der Waals surface area contributed by atoms with Crippen LogP contribution in [0.25, 0.3) is 10.4 Å². The van der Waals surface area contributed by atoms with Crippen LogP contribution >= 0.6 is 22.9 Å². The van der Waals surface area contributed by atoms with Gasteiger partial charge in [0, 0.05) is 27.4 Å². The van der Waals surface area contributed by atoms with Crippen LogP contribution < -0.4 is 5.32 Å². The molecule has 0 radical (unpaired) electrons. The molecule has 18 heavy (non-hydrogen) atoms. The Morgan fingerprint density at radius 3 is 2.61 bits per heavy atom. The number of thiophene rings is 1. The van der Waals surface area contributed by atoms with Gasteiger partial charge in [0.05, 0.1) is 0 Å². The zero-order valence-electron chi connectivity index (χ0n) is 11.0. The van der Waals surface area contributed by atoms with Crippen molar-refractivity contribution in [2.24, 2.45) is 0 Å². The van der Waals surface area contributed by atoms with Gasteiger partial charge in [0.15, 0.2) is 0 Å². The largest absolute Gasteiger partial charge is 0.310 e. The molecule has 2 aromatic rings. The van der Waals surface area contributed by atoms with Gasteiger partial charge in [-0.15, -0.1) is 11.3 Å². The van der Waals surface area contributed by atoms with Crippen molar-refractivity contribution in [2.75, 3.05) is 0 Å². The topological polar surface area (TPSA) is 12.0 Å². The summed E-state index contributed by atoms with van der Waals surface area (Å²) < 4.78 is 0. The van der Waals surface area contributed by atoms with Gasteiger partial charge in [-0.1, -0.05) is 31.5 Å². The van der Waals surface area contributed by atoms with Gasteiger partial charge in [-0.05, 0) is 42.3 Å². The van der Waals surface area contributed by atoms with Crippen molar-refractivity contribution >= 4 is 22.9 Å². The molecule has 0 aliphatic rings. The molecule has 0 unspecified atom stereocenters. The first kappa shape index (κ1) is 13.6. The van der Waals surface area contributed by atoms with Crippen molar-refractivity contribution in [3.8, 4) is 10.4 Å². The maximum absolute atomic E-state index is 6.24. The Balaban J connectivity index is 2.25. The standard InChI is InChI=1S/C15H18ClNS/c1-10(2)17-9-13-8-12(5-6-14(13)16)15-7-4-11(3)18-15/h4-8,10,17H,9H2,1-3H3. The monoisotopic (exact) mass is 279 g/mol. The molecule has 1 nitrogen and oxygen atoms in total. The van der Waals surface area contributed by atoms with Crippen molar-refractivity contribution in [3.63, 3.8) is 0 Å². The van der Waals surface area contributed by atoms with Crippen molar-refractivity contribution in [1.29, 1.82) is 0 Å². The van der Waals surface area contributed by atoms with E-state index in [1.807, 2.05) is 17.4 Å². The second-order valence-electron chi connectivity index (χ2n) is 4.75. The molecule has 0 aliphatic heterocycles. The fraction of sp³-hybridized carbons (Fsp3) is 0.333. The van der Waals surface area contributed by atoms with Crippen LogP contribution in [0.4, 0.5) is 0 Å². The Bertz CT molecular complexity index is 531. The molecule has 0 saturated carbocycles. The second kappa shape index (κ2) is 5.87. The highest BCUT2D eigenvalue weighted by atomic mass is 35.5. The molecule has 2 rings (SSSR count). The summed E-state index contributed by atoms with van der Waals surface area (Å²) in [4.78, 5) is 2.64. The summed E-state index contributed by atoms with van der Waals surface area (Å²) >= 11 is 8.05. The minimum absolute atomic E-state index is 0.466. The van der Waals surface area contributed by atoms with Gasteiger partial charge in [-0.25, -0.2) is 0 Å². The number of nitrogens with one attached hydrogen (secondary N) is 1. The third-order valence-corrected chi connectivity index (χ3v) is 4.19. The van der Waals surface area contributed by atoms with Crippen LogP contribution in [0.2, 0.25) is 5.02 Å². The molecule has 0 fully saturated rings. The van der Waals surface area contributed by atoms with Crippen LogP contribution in [0, 0.1) is 6.92 Å². The smallest absolute Gasteiger partial charge is 0.0451 e. The summed E-state index contributed by atoms with van der Waals surface area (Å²) in [6, 6.07) is 11.1. The number of benzene rings is 1. The predicted molar refractivity (Wildman–Crippen MR) is 81.5 cm³/mol.